The van der Waals surface area contributed by atoms with Crippen LogP contribution < -0.4 is 10.3 Å². The highest BCUT2D eigenvalue weighted by Gasteiger charge is 2.16. The van der Waals surface area contributed by atoms with Gasteiger partial charge in [0.2, 0.25) is 0 Å². The lowest BCUT2D eigenvalue weighted by Gasteiger charge is -2.21. The smallest absolute Gasteiger partial charge is 0.271 e. The molecule has 0 bridgehead atoms. The summed E-state index contributed by atoms with van der Waals surface area (Å²) in [7, 11) is 0. The van der Waals surface area contributed by atoms with Gasteiger partial charge in [-0.25, -0.2) is 4.98 Å². The summed E-state index contributed by atoms with van der Waals surface area (Å²) in [6.45, 7) is 8.77. The van der Waals surface area contributed by atoms with Crippen LogP contribution in [0.1, 0.15) is 31.9 Å². The summed E-state index contributed by atoms with van der Waals surface area (Å²) < 4.78 is 7.81. The first-order valence-corrected chi connectivity index (χ1v) is 9.48. The second kappa shape index (κ2) is 7.21. The molecule has 2 heterocycles. The largest absolute Gasteiger partial charge is 0.491 e. The molecule has 0 aliphatic rings. The summed E-state index contributed by atoms with van der Waals surface area (Å²) in [5.74, 6) is 0.747. The fourth-order valence-corrected chi connectivity index (χ4v) is 3.55. The van der Waals surface area contributed by atoms with Crippen LogP contribution in [0.3, 0.4) is 0 Å². The molecule has 0 spiro atoms. The van der Waals surface area contributed by atoms with E-state index in [-0.39, 0.29) is 24.1 Å². The van der Waals surface area contributed by atoms with Crippen molar-refractivity contribution in [3.8, 4) is 5.75 Å². The van der Waals surface area contributed by atoms with Gasteiger partial charge in [-0.15, -0.1) is 11.3 Å². The van der Waals surface area contributed by atoms with Crippen LogP contribution in [0.25, 0.3) is 10.2 Å². The van der Waals surface area contributed by atoms with Crippen molar-refractivity contribution in [1.82, 2.24) is 9.55 Å². The van der Waals surface area contributed by atoms with E-state index in [2.05, 4.69) is 31.8 Å². The predicted molar refractivity (Wildman–Crippen MR) is 105 cm³/mol. The Morgan fingerprint density at radius 2 is 2.08 bits per heavy atom. The normalized spacial score (nSPS) is 13.1. The van der Waals surface area contributed by atoms with Crippen molar-refractivity contribution in [3.05, 3.63) is 57.5 Å². The number of rotatable bonds is 5. The van der Waals surface area contributed by atoms with Crippen molar-refractivity contribution in [2.24, 2.45) is 0 Å². The highest BCUT2D eigenvalue weighted by Crippen LogP contribution is 2.27. The number of fused-ring (bicyclic) bond motifs is 1. The van der Waals surface area contributed by atoms with Gasteiger partial charge in [-0.1, -0.05) is 32.9 Å². The van der Waals surface area contributed by atoms with Gasteiger partial charge in [0.1, 0.15) is 23.2 Å². The average molecular weight is 372 g/mol. The number of nitrogens with zero attached hydrogens (tertiary/aromatic N) is 2. The molecule has 1 aromatic carbocycles. The molecule has 0 aliphatic heterocycles. The molecule has 3 rings (SSSR count). The summed E-state index contributed by atoms with van der Waals surface area (Å²) in [6.07, 6.45) is 0.679. The van der Waals surface area contributed by atoms with Gasteiger partial charge in [0.15, 0.2) is 0 Å². The number of thiophene rings is 1. The molecule has 0 saturated carbocycles. The first kappa shape index (κ1) is 18.6. The van der Waals surface area contributed by atoms with E-state index in [0.29, 0.717) is 10.2 Å². The maximum Gasteiger partial charge on any atom is 0.271 e. The Labute approximate surface area is 156 Å². The summed E-state index contributed by atoms with van der Waals surface area (Å²) in [5, 5.41) is 12.1. The first-order chi connectivity index (χ1) is 12.3. The molecule has 0 amide bonds. The summed E-state index contributed by atoms with van der Waals surface area (Å²) in [4.78, 5) is 16.6. The predicted octanol–water partition coefficient (Wildman–Crippen LogP) is 3.50. The number of ether oxygens (including phenoxy) is 1. The maximum atomic E-state index is 12.4. The zero-order valence-electron chi connectivity index (χ0n) is 15.5. The Morgan fingerprint density at radius 1 is 1.31 bits per heavy atom. The highest BCUT2D eigenvalue weighted by atomic mass is 32.1. The van der Waals surface area contributed by atoms with Gasteiger partial charge in [0.25, 0.3) is 5.56 Å². The van der Waals surface area contributed by atoms with E-state index in [1.165, 1.54) is 27.8 Å². The molecule has 3 aromatic rings. The second-order valence-electron chi connectivity index (χ2n) is 7.53. The third-order valence-electron chi connectivity index (χ3n) is 4.32. The molecule has 1 N–H and O–H groups in total. The Bertz CT molecular complexity index is 969. The number of hydrogen-bond acceptors (Lipinski definition) is 5. The molecule has 1 atom stereocenters. The molecule has 6 heteroatoms. The van der Waals surface area contributed by atoms with Crippen molar-refractivity contribution >= 4 is 21.6 Å². The van der Waals surface area contributed by atoms with Gasteiger partial charge < -0.3 is 9.84 Å². The van der Waals surface area contributed by atoms with E-state index in [9.17, 15) is 9.90 Å². The minimum atomic E-state index is -0.798. The van der Waals surface area contributed by atoms with Gasteiger partial charge >= 0.3 is 0 Å². The van der Waals surface area contributed by atoms with Gasteiger partial charge in [-0.3, -0.25) is 9.36 Å². The van der Waals surface area contributed by atoms with Crippen LogP contribution in [0, 0.1) is 6.92 Å². The molecule has 0 saturated heterocycles. The number of benzene rings is 1. The molecule has 0 aliphatic carbocycles. The van der Waals surface area contributed by atoms with Crippen LogP contribution in [0.4, 0.5) is 0 Å². The topological polar surface area (TPSA) is 64.3 Å². The Kier molecular flexibility index (Phi) is 5.16. The molecule has 5 nitrogen and oxygen atoms in total. The van der Waals surface area contributed by atoms with Gasteiger partial charge in [0.05, 0.1) is 18.4 Å². The van der Waals surface area contributed by atoms with Gasteiger partial charge in [-0.05, 0) is 41.0 Å². The van der Waals surface area contributed by atoms with E-state index in [4.69, 9.17) is 4.74 Å². The summed E-state index contributed by atoms with van der Waals surface area (Å²) in [6, 6.07) is 7.91. The Hall–Kier alpha value is -2.18. The molecule has 2 aromatic heterocycles. The molecular formula is C20H24N2O3S. The van der Waals surface area contributed by atoms with Crippen LogP contribution in [-0.4, -0.2) is 27.4 Å². The third kappa shape index (κ3) is 3.97. The number of aryl methyl sites for hydroxylation is 1. The zero-order chi connectivity index (χ0) is 18.9. The quantitative estimate of drug-likeness (QED) is 0.744. The lowest BCUT2D eigenvalue weighted by molar-refractivity contribution is 0.0911. The van der Waals surface area contributed by atoms with Crippen molar-refractivity contribution in [3.63, 3.8) is 0 Å². The summed E-state index contributed by atoms with van der Waals surface area (Å²) >= 11 is 1.36. The molecule has 138 valence electrons. The minimum Gasteiger partial charge on any atom is -0.491 e. The lowest BCUT2D eigenvalue weighted by atomic mass is 9.86. The standard InChI is InChI=1S/C20H24N2O3S/c1-13-9-14(20(2,3)4)5-6-17(13)25-11-15(23)10-22-12-21-16-7-8-26-18(16)19(22)24/h5-9,12,15,23H,10-11H2,1-4H3. The van der Waals surface area contributed by atoms with Crippen molar-refractivity contribution in [1.29, 1.82) is 0 Å². The number of aliphatic hydroxyl groups excluding tert-OH is 1. The lowest BCUT2D eigenvalue weighted by Crippen LogP contribution is -2.30. The SMILES string of the molecule is Cc1cc(C(C)(C)C)ccc1OCC(O)Cn1cnc2ccsc2c1=O. The fraction of sp³-hybridized carbons (Fsp3) is 0.400. The van der Waals surface area contributed by atoms with E-state index in [0.717, 1.165) is 11.3 Å². The first-order valence-electron chi connectivity index (χ1n) is 8.60. The van der Waals surface area contributed by atoms with E-state index < -0.39 is 6.10 Å². The number of aromatic nitrogens is 2. The average Bonchev–Trinajstić information content (AvgIpc) is 3.05. The number of aliphatic hydroxyl groups is 1. The fourth-order valence-electron chi connectivity index (χ4n) is 2.75. The van der Waals surface area contributed by atoms with Crippen LogP contribution in [0.5, 0.6) is 5.75 Å². The molecule has 0 radical (unpaired) electrons. The monoisotopic (exact) mass is 372 g/mol. The molecule has 0 fully saturated rings. The second-order valence-corrected chi connectivity index (χ2v) is 8.45. The molecule has 1 unspecified atom stereocenters. The maximum absolute atomic E-state index is 12.4. The van der Waals surface area contributed by atoms with Crippen molar-refractivity contribution in [2.45, 2.75) is 45.8 Å². The Morgan fingerprint density at radius 3 is 2.77 bits per heavy atom. The van der Waals surface area contributed by atoms with Crippen molar-refractivity contribution < 1.29 is 9.84 Å². The molecule has 26 heavy (non-hydrogen) atoms. The van der Waals surface area contributed by atoms with E-state index in [1.54, 1.807) is 0 Å². The van der Waals surface area contributed by atoms with Crippen LogP contribution in [0.15, 0.2) is 40.8 Å². The highest BCUT2D eigenvalue weighted by molar-refractivity contribution is 7.17. The molecular weight excluding hydrogens is 348 g/mol. The third-order valence-corrected chi connectivity index (χ3v) is 5.21. The minimum absolute atomic E-state index is 0.0808. The van der Waals surface area contributed by atoms with E-state index in [1.807, 2.05) is 30.5 Å². The van der Waals surface area contributed by atoms with Gasteiger partial charge in [0, 0.05) is 0 Å². The zero-order valence-corrected chi connectivity index (χ0v) is 16.3. The van der Waals surface area contributed by atoms with Crippen LogP contribution in [0.2, 0.25) is 0 Å². The summed E-state index contributed by atoms with van der Waals surface area (Å²) in [5.41, 5.74) is 2.91. The van der Waals surface area contributed by atoms with Crippen molar-refractivity contribution in [2.75, 3.05) is 6.61 Å². The van der Waals surface area contributed by atoms with Crippen LogP contribution >= 0.6 is 11.3 Å². The van der Waals surface area contributed by atoms with E-state index >= 15 is 0 Å². The van der Waals surface area contributed by atoms with Gasteiger partial charge in [-0.2, -0.15) is 0 Å². The Balaban J connectivity index is 1.66. The number of hydrogen-bond donors (Lipinski definition) is 1. The van der Waals surface area contributed by atoms with Crippen LogP contribution in [-0.2, 0) is 12.0 Å².